The van der Waals surface area contributed by atoms with Gasteiger partial charge < -0.3 is 14.8 Å². The van der Waals surface area contributed by atoms with Crippen LogP contribution in [-0.4, -0.2) is 16.0 Å². The van der Waals surface area contributed by atoms with Gasteiger partial charge in [0.2, 0.25) is 0 Å². The van der Waals surface area contributed by atoms with Crippen molar-refractivity contribution >= 4 is 11.6 Å². The van der Waals surface area contributed by atoms with Gasteiger partial charge >= 0.3 is 0 Å². The number of aliphatic hydroxyl groups excluding tert-OH is 1. The Hall–Kier alpha value is -2.92. The molecule has 22 heavy (non-hydrogen) atoms. The van der Waals surface area contributed by atoms with Crippen molar-refractivity contribution in [2.75, 3.05) is 5.32 Å². The van der Waals surface area contributed by atoms with Gasteiger partial charge in [-0.15, -0.1) is 0 Å². The molecule has 0 radical (unpaired) electrons. The third-order valence-electron chi connectivity index (χ3n) is 3.23. The molecule has 1 amide bonds. The molecule has 5 nitrogen and oxygen atoms in total. The molecule has 2 N–H and O–H groups in total. The zero-order chi connectivity index (χ0) is 15.4. The van der Waals surface area contributed by atoms with Crippen LogP contribution in [0, 0.1) is 0 Å². The summed E-state index contributed by atoms with van der Waals surface area (Å²) in [5, 5.41) is 11.9. The van der Waals surface area contributed by atoms with E-state index >= 15 is 0 Å². The van der Waals surface area contributed by atoms with Gasteiger partial charge in [-0.2, -0.15) is 0 Å². The number of benzene rings is 2. The smallest absolute Gasteiger partial charge is 0.255 e. The van der Waals surface area contributed by atoms with Gasteiger partial charge in [-0.05, 0) is 29.8 Å². The minimum Gasteiger partial charge on any atom is -0.444 e. The molecule has 5 heteroatoms. The molecule has 3 rings (SSSR count). The Labute approximate surface area is 127 Å². The van der Waals surface area contributed by atoms with Crippen LogP contribution in [0.25, 0.3) is 11.3 Å². The summed E-state index contributed by atoms with van der Waals surface area (Å²) in [6.45, 7) is -0.0599. The first-order valence-electron chi connectivity index (χ1n) is 6.76. The van der Waals surface area contributed by atoms with Crippen LogP contribution >= 0.6 is 0 Å². The fourth-order valence-electron chi connectivity index (χ4n) is 2.09. The van der Waals surface area contributed by atoms with E-state index in [0.29, 0.717) is 17.0 Å². The molecule has 110 valence electrons. The van der Waals surface area contributed by atoms with Crippen LogP contribution in [-0.2, 0) is 6.61 Å². The Balaban J connectivity index is 1.74. The Morgan fingerprint density at radius 3 is 2.68 bits per heavy atom. The second-order valence-electron chi connectivity index (χ2n) is 4.76. The lowest BCUT2D eigenvalue weighted by Crippen LogP contribution is -2.11. The largest absolute Gasteiger partial charge is 0.444 e. The van der Waals surface area contributed by atoms with Crippen molar-refractivity contribution < 1.29 is 14.3 Å². The first-order chi connectivity index (χ1) is 10.8. The van der Waals surface area contributed by atoms with Crippen LogP contribution in [0.4, 0.5) is 5.69 Å². The third kappa shape index (κ3) is 3.05. The van der Waals surface area contributed by atoms with E-state index in [4.69, 9.17) is 9.52 Å². The molecule has 0 aliphatic heterocycles. The first kappa shape index (κ1) is 14.0. The van der Waals surface area contributed by atoms with E-state index in [2.05, 4.69) is 10.3 Å². The fraction of sp³-hybridized carbons (Fsp3) is 0.0588. The van der Waals surface area contributed by atoms with Crippen LogP contribution in [0.1, 0.15) is 15.9 Å². The normalized spacial score (nSPS) is 10.4. The van der Waals surface area contributed by atoms with E-state index in [1.54, 1.807) is 54.7 Å². The van der Waals surface area contributed by atoms with Crippen LogP contribution in [0.2, 0.25) is 0 Å². The molecule has 0 spiro atoms. The molecular formula is C17H14N2O3. The van der Waals surface area contributed by atoms with Crippen molar-refractivity contribution in [3.8, 4) is 11.3 Å². The summed E-state index contributed by atoms with van der Waals surface area (Å²) in [6, 6.07) is 14.2. The van der Waals surface area contributed by atoms with Crippen molar-refractivity contribution in [2.24, 2.45) is 0 Å². The van der Waals surface area contributed by atoms with E-state index in [-0.39, 0.29) is 12.5 Å². The number of nitrogens with zero attached hydrogens (tertiary/aromatic N) is 1. The maximum absolute atomic E-state index is 12.2. The fourth-order valence-corrected chi connectivity index (χ4v) is 2.09. The summed E-state index contributed by atoms with van der Waals surface area (Å²) in [7, 11) is 0. The number of amides is 1. The second kappa shape index (κ2) is 6.24. The topological polar surface area (TPSA) is 75.4 Å². The molecule has 0 fully saturated rings. The molecule has 1 heterocycles. The molecular weight excluding hydrogens is 280 g/mol. The minimum absolute atomic E-state index is 0.0599. The molecule has 0 aliphatic carbocycles. The molecule has 0 saturated heterocycles. The molecule has 0 aliphatic rings. The van der Waals surface area contributed by atoms with Crippen molar-refractivity contribution in [1.29, 1.82) is 0 Å². The van der Waals surface area contributed by atoms with Gasteiger partial charge in [-0.25, -0.2) is 4.98 Å². The summed E-state index contributed by atoms with van der Waals surface area (Å²) < 4.78 is 5.21. The monoisotopic (exact) mass is 294 g/mol. The van der Waals surface area contributed by atoms with Crippen LogP contribution in [0.15, 0.2) is 65.5 Å². The second-order valence-corrected chi connectivity index (χ2v) is 4.76. The number of nitrogens with one attached hydrogen (secondary N) is 1. The number of aliphatic hydroxyl groups is 1. The molecule has 3 aromatic rings. The first-order valence-corrected chi connectivity index (χ1v) is 6.76. The molecule has 2 aromatic carbocycles. The molecule has 1 aromatic heterocycles. The van der Waals surface area contributed by atoms with E-state index in [0.717, 1.165) is 11.1 Å². The highest BCUT2D eigenvalue weighted by atomic mass is 16.3. The SMILES string of the molecule is O=C(Nc1cccc(CO)c1)c1ccc(-c2cnco2)cc1. The Morgan fingerprint density at radius 1 is 1.18 bits per heavy atom. The highest BCUT2D eigenvalue weighted by Crippen LogP contribution is 2.19. The van der Waals surface area contributed by atoms with Crippen LogP contribution < -0.4 is 5.32 Å². The van der Waals surface area contributed by atoms with Gasteiger partial charge in [0.25, 0.3) is 5.91 Å². The maximum Gasteiger partial charge on any atom is 0.255 e. The zero-order valence-electron chi connectivity index (χ0n) is 11.7. The van der Waals surface area contributed by atoms with Gasteiger partial charge in [-0.1, -0.05) is 24.3 Å². The van der Waals surface area contributed by atoms with Crippen molar-refractivity contribution in [2.45, 2.75) is 6.61 Å². The summed E-state index contributed by atoms with van der Waals surface area (Å²) in [5.41, 5.74) is 2.79. The number of oxazole rings is 1. The van der Waals surface area contributed by atoms with Crippen molar-refractivity contribution in [1.82, 2.24) is 4.98 Å². The van der Waals surface area contributed by atoms with E-state index in [1.807, 2.05) is 0 Å². The lowest BCUT2D eigenvalue weighted by atomic mass is 10.1. The van der Waals surface area contributed by atoms with Gasteiger partial charge in [-0.3, -0.25) is 4.79 Å². The van der Waals surface area contributed by atoms with Gasteiger partial charge in [0.15, 0.2) is 12.2 Å². The maximum atomic E-state index is 12.2. The quantitative estimate of drug-likeness (QED) is 0.775. The highest BCUT2D eigenvalue weighted by Gasteiger charge is 2.08. The lowest BCUT2D eigenvalue weighted by molar-refractivity contribution is 0.102. The zero-order valence-corrected chi connectivity index (χ0v) is 11.7. The summed E-state index contributed by atoms with van der Waals surface area (Å²) in [4.78, 5) is 16.1. The molecule has 0 unspecified atom stereocenters. The highest BCUT2D eigenvalue weighted by molar-refractivity contribution is 6.04. The summed E-state index contributed by atoms with van der Waals surface area (Å²) in [6.07, 6.45) is 2.99. The van der Waals surface area contributed by atoms with Gasteiger partial charge in [0.05, 0.1) is 12.8 Å². The average Bonchev–Trinajstić information content (AvgIpc) is 3.09. The lowest BCUT2D eigenvalue weighted by Gasteiger charge is -2.07. The number of hydrogen-bond acceptors (Lipinski definition) is 4. The van der Waals surface area contributed by atoms with Crippen molar-refractivity contribution in [3.05, 3.63) is 72.2 Å². The Bertz CT molecular complexity index is 765. The Morgan fingerprint density at radius 2 is 2.00 bits per heavy atom. The van der Waals surface area contributed by atoms with Crippen LogP contribution in [0.3, 0.4) is 0 Å². The van der Waals surface area contributed by atoms with E-state index in [9.17, 15) is 4.79 Å². The van der Waals surface area contributed by atoms with Crippen molar-refractivity contribution in [3.63, 3.8) is 0 Å². The van der Waals surface area contributed by atoms with Crippen LogP contribution in [0.5, 0.6) is 0 Å². The number of aromatic nitrogens is 1. The number of anilines is 1. The third-order valence-corrected chi connectivity index (χ3v) is 3.23. The standard InChI is InChI=1S/C17H14N2O3/c20-10-12-2-1-3-15(8-12)19-17(21)14-6-4-13(5-7-14)16-9-18-11-22-16/h1-9,11,20H,10H2,(H,19,21). The number of carbonyl (C=O) groups is 1. The number of hydrogen-bond donors (Lipinski definition) is 2. The Kier molecular flexibility index (Phi) is 3.98. The predicted molar refractivity (Wildman–Crippen MR) is 82.3 cm³/mol. The number of carbonyl (C=O) groups excluding carboxylic acids is 1. The molecule has 0 bridgehead atoms. The average molecular weight is 294 g/mol. The number of rotatable bonds is 4. The summed E-state index contributed by atoms with van der Waals surface area (Å²) in [5.74, 6) is 0.446. The predicted octanol–water partition coefficient (Wildman–Crippen LogP) is 3.09. The summed E-state index contributed by atoms with van der Waals surface area (Å²) >= 11 is 0. The minimum atomic E-state index is -0.209. The molecule has 0 atom stereocenters. The van der Waals surface area contributed by atoms with E-state index < -0.39 is 0 Å². The van der Waals surface area contributed by atoms with E-state index in [1.165, 1.54) is 6.39 Å². The van der Waals surface area contributed by atoms with Gasteiger partial charge in [0.1, 0.15) is 0 Å². The van der Waals surface area contributed by atoms with Gasteiger partial charge in [0, 0.05) is 16.8 Å². The molecule has 0 saturated carbocycles.